The second-order valence-electron chi connectivity index (χ2n) is 7.54. The van der Waals surface area contributed by atoms with E-state index in [0.29, 0.717) is 12.8 Å². The number of hydrogen-bond donors (Lipinski definition) is 2. The molecule has 0 unspecified atom stereocenters. The van der Waals surface area contributed by atoms with Crippen molar-refractivity contribution in [2.75, 3.05) is 5.32 Å². The third kappa shape index (κ3) is 4.69. The van der Waals surface area contributed by atoms with Crippen LogP contribution in [0.1, 0.15) is 52.9 Å². The summed E-state index contributed by atoms with van der Waals surface area (Å²) in [5, 5.41) is 5.80. The number of nitrogens with one attached hydrogen (secondary N) is 2. The highest BCUT2D eigenvalue weighted by atomic mass is 35.5. The molecule has 1 aromatic carbocycles. The molecule has 0 atom stereocenters. The van der Waals surface area contributed by atoms with Gasteiger partial charge in [-0.05, 0) is 51.8 Å². The molecule has 2 N–H and O–H groups in total. The lowest BCUT2D eigenvalue weighted by Crippen LogP contribution is -2.45. The largest absolute Gasteiger partial charge is 0.351 e. The summed E-state index contributed by atoms with van der Waals surface area (Å²) in [4.78, 5) is 25.1. The standard InChI is InChI=1S/C18H24ClFN2O2/c1-17(2,3)22-15(23)11-18(8-4-5-9-18)16(24)21-14-7-6-12(19)10-13(14)20/h6-7,10H,4-5,8-9,11H2,1-3H3,(H,21,24)(H,22,23). The number of hydrogen-bond acceptors (Lipinski definition) is 2. The zero-order valence-corrected chi connectivity index (χ0v) is 15.1. The van der Waals surface area contributed by atoms with Gasteiger partial charge in [0.1, 0.15) is 5.82 Å². The van der Waals surface area contributed by atoms with Crippen LogP contribution in [0.3, 0.4) is 0 Å². The summed E-state index contributed by atoms with van der Waals surface area (Å²) in [6.45, 7) is 5.69. The van der Waals surface area contributed by atoms with Crippen molar-refractivity contribution in [3.8, 4) is 0 Å². The van der Waals surface area contributed by atoms with Crippen molar-refractivity contribution in [1.29, 1.82) is 0 Å². The summed E-state index contributed by atoms with van der Waals surface area (Å²) in [5.74, 6) is -1.04. The van der Waals surface area contributed by atoms with Crippen LogP contribution >= 0.6 is 11.6 Å². The number of carbonyl (C=O) groups excluding carboxylic acids is 2. The summed E-state index contributed by atoms with van der Waals surface area (Å²) >= 11 is 5.73. The van der Waals surface area contributed by atoms with Crippen LogP contribution in [0.25, 0.3) is 0 Å². The first kappa shape index (κ1) is 18.7. The number of anilines is 1. The van der Waals surface area contributed by atoms with Crippen molar-refractivity contribution in [3.05, 3.63) is 29.0 Å². The molecule has 2 rings (SSSR count). The highest BCUT2D eigenvalue weighted by molar-refractivity contribution is 6.30. The number of halogens is 2. The van der Waals surface area contributed by atoms with Gasteiger partial charge in [-0.1, -0.05) is 24.4 Å². The van der Waals surface area contributed by atoms with E-state index in [4.69, 9.17) is 11.6 Å². The van der Waals surface area contributed by atoms with E-state index in [1.807, 2.05) is 20.8 Å². The van der Waals surface area contributed by atoms with Gasteiger partial charge in [-0.25, -0.2) is 4.39 Å². The molecular formula is C18H24ClFN2O2. The van der Waals surface area contributed by atoms with Crippen molar-refractivity contribution >= 4 is 29.1 Å². The lowest BCUT2D eigenvalue weighted by Gasteiger charge is -2.29. The minimum Gasteiger partial charge on any atom is -0.351 e. The van der Waals surface area contributed by atoms with E-state index >= 15 is 0 Å². The maximum atomic E-state index is 13.9. The van der Waals surface area contributed by atoms with Gasteiger partial charge in [0.25, 0.3) is 0 Å². The summed E-state index contributed by atoms with van der Waals surface area (Å²) < 4.78 is 13.9. The monoisotopic (exact) mass is 354 g/mol. The molecule has 24 heavy (non-hydrogen) atoms. The van der Waals surface area contributed by atoms with E-state index in [0.717, 1.165) is 18.9 Å². The molecule has 132 valence electrons. The van der Waals surface area contributed by atoms with Gasteiger partial charge in [0.05, 0.1) is 11.1 Å². The molecule has 6 heteroatoms. The third-order valence-electron chi connectivity index (χ3n) is 4.24. The lowest BCUT2D eigenvalue weighted by atomic mass is 9.81. The van der Waals surface area contributed by atoms with Gasteiger partial charge in [0, 0.05) is 17.0 Å². The molecule has 0 aromatic heterocycles. The van der Waals surface area contributed by atoms with E-state index in [-0.39, 0.29) is 34.5 Å². The summed E-state index contributed by atoms with van der Waals surface area (Å²) in [6.07, 6.45) is 3.15. The Labute approximate surface area is 147 Å². The van der Waals surface area contributed by atoms with Crippen molar-refractivity contribution in [2.24, 2.45) is 5.41 Å². The molecule has 4 nitrogen and oxygen atoms in total. The van der Waals surface area contributed by atoms with Crippen LogP contribution in [-0.2, 0) is 9.59 Å². The fraction of sp³-hybridized carbons (Fsp3) is 0.556. The van der Waals surface area contributed by atoms with Crippen LogP contribution in [-0.4, -0.2) is 17.4 Å². The maximum absolute atomic E-state index is 13.9. The fourth-order valence-corrected chi connectivity index (χ4v) is 3.31. The minimum atomic E-state index is -0.776. The van der Waals surface area contributed by atoms with Gasteiger partial charge in [0.15, 0.2) is 0 Å². The zero-order chi connectivity index (χ0) is 18.0. The average molecular weight is 355 g/mol. The lowest BCUT2D eigenvalue weighted by molar-refractivity contribution is -0.133. The van der Waals surface area contributed by atoms with Crippen molar-refractivity contribution < 1.29 is 14.0 Å². The van der Waals surface area contributed by atoms with Crippen LogP contribution in [0.5, 0.6) is 0 Å². The van der Waals surface area contributed by atoms with Gasteiger partial charge in [-0.3, -0.25) is 9.59 Å². The van der Waals surface area contributed by atoms with Gasteiger partial charge < -0.3 is 10.6 Å². The van der Waals surface area contributed by atoms with E-state index < -0.39 is 11.2 Å². The van der Waals surface area contributed by atoms with Crippen LogP contribution in [0, 0.1) is 11.2 Å². The Kier molecular flexibility index (Phi) is 5.53. The van der Waals surface area contributed by atoms with E-state index in [1.165, 1.54) is 12.1 Å². The molecule has 0 heterocycles. The Morgan fingerprint density at radius 3 is 2.42 bits per heavy atom. The van der Waals surface area contributed by atoms with Gasteiger partial charge in [-0.15, -0.1) is 0 Å². The highest BCUT2D eigenvalue weighted by Crippen LogP contribution is 2.42. The first-order valence-corrected chi connectivity index (χ1v) is 8.57. The normalized spacial score (nSPS) is 16.7. The number of carbonyl (C=O) groups is 2. The third-order valence-corrected chi connectivity index (χ3v) is 4.47. The average Bonchev–Trinajstić information content (AvgIpc) is 2.89. The van der Waals surface area contributed by atoms with E-state index in [9.17, 15) is 14.0 Å². The molecule has 1 aliphatic carbocycles. The summed E-state index contributed by atoms with van der Waals surface area (Å²) in [6, 6.07) is 4.12. The maximum Gasteiger partial charge on any atom is 0.231 e. The Hall–Kier alpha value is -1.62. The zero-order valence-electron chi connectivity index (χ0n) is 14.3. The van der Waals surface area contributed by atoms with Crippen LogP contribution in [0.15, 0.2) is 18.2 Å². The quantitative estimate of drug-likeness (QED) is 0.847. The Morgan fingerprint density at radius 1 is 1.25 bits per heavy atom. The number of benzene rings is 1. The molecule has 0 aliphatic heterocycles. The highest BCUT2D eigenvalue weighted by Gasteiger charge is 2.43. The topological polar surface area (TPSA) is 58.2 Å². The van der Waals surface area contributed by atoms with Crippen LogP contribution in [0.2, 0.25) is 5.02 Å². The molecule has 1 aromatic rings. The molecule has 0 radical (unpaired) electrons. The Morgan fingerprint density at radius 2 is 1.88 bits per heavy atom. The summed E-state index contributed by atoms with van der Waals surface area (Å²) in [5.41, 5.74) is -1.04. The predicted molar refractivity (Wildman–Crippen MR) is 93.5 cm³/mol. The number of rotatable bonds is 4. The minimum absolute atomic E-state index is 0.0897. The van der Waals surface area contributed by atoms with Gasteiger partial charge in [-0.2, -0.15) is 0 Å². The van der Waals surface area contributed by atoms with Crippen LogP contribution < -0.4 is 10.6 Å². The molecule has 1 saturated carbocycles. The second kappa shape index (κ2) is 7.09. The first-order chi connectivity index (χ1) is 11.1. The van der Waals surface area contributed by atoms with Gasteiger partial charge >= 0.3 is 0 Å². The SMILES string of the molecule is CC(C)(C)NC(=O)CC1(C(=O)Nc2ccc(Cl)cc2F)CCCC1. The van der Waals surface area contributed by atoms with E-state index in [2.05, 4.69) is 10.6 Å². The summed E-state index contributed by atoms with van der Waals surface area (Å²) in [7, 11) is 0. The molecule has 0 saturated heterocycles. The Balaban J connectivity index is 2.14. The predicted octanol–water partition coefficient (Wildman–Crippen LogP) is 4.28. The second-order valence-corrected chi connectivity index (χ2v) is 7.98. The molecule has 1 fully saturated rings. The molecule has 2 amide bonds. The first-order valence-electron chi connectivity index (χ1n) is 8.19. The fourth-order valence-electron chi connectivity index (χ4n) is 3.15. The van der Waals surface area contributed by atoms with Gasteiger partial charge in [0.2, 0.25) is 11.8 Å². The molecule has 0 bridgehead atoms. The van der Waals surface area contributed by atoms with Crippen molar-refractivity contribution in [1.82, 2.24) is 5.32 Å². The molecule has 1 aliphatic rings. The van der Waals surface area contributed by atoms with E-state index in [1.54, 1.807) is 0 Å². The Bertz CT molecular complexity index is 634. The smallest absolute Gasteiger partial charge is 0.231 e. The number of amides is 2. The molecule has 0 spiro atoms. The van der Waals surface area contributed by atoms with Crippen molar-refractivity contribution in [3.63, 3.8) is 0 Å². The molecular weight excluding hydrogens is 331 g/mol. The van der Waals surface area contributed by atoms with Crippen molar-refractivity contribution in [2.45, 2.75) is 58.4 Å². The van der Waals surface area contributed by atoms with Crippen LogP contribution in [0.4, 0.5) is 10.1 Å².